The van der Waals surface area contributed by atoms with Crippen LogP contribution < -0.4 is 10.1 Å². The number of nitrogens with one attached hydrogen (secondary N) is 1. The monoisotopic (exact) mass is 465 g/mol. The van der Waals surface area contributed by atoms with E-state index in [2.05, 4.69) is 10.3 Å². The van der Waals surface area contributed by atoms with Crippen molar-refractivity contribution in [2.24, 2.45) is 0 Å². The van der Waals surface area contributed by atoms with Gasteiger partial charge in [0.2, 0.25) is 5.91 Å². The Bertz CT molecular complexity index is 1200. The van der Waals surface area contributed by atoms with Crippen molar-refractivity contribution >= 4 is 11.8 Å². The number of benzene rings is 3. The Morgan fingerprint density at radius 2 is 1.43 bits per heavy atom. The summed E-state index contributed by atoms with van der Waals surface area (Å²) < 4.78 is 5.75. The quantitative estimate of drug-likeness (QED) is 0.373. The van der Waals surface area contributed by atoms with Crippen molar-refractivity contribution in [2.75, 3.05) is 6.61 Å². The molecule has 2 amide bonds. The van der Waals surface area contributed by atoms with E-state index in [0.29, 0.717) is 5.75 Å². The smallest absolute Gasteiger partial charge is 0.261 e. The van der Waals surface area contributed by atoms with Crippen LogP contribution in [0, 0.1) is 0 Å². The second-order valence-electron chi connectivity index (χ2n) is 7.96. The van der Waals surface area contributed by atoms with Gasteiger partial charge < -0.3 is 15.0 Å². The maximum atomic E-state index is 13.6. The van der Waals surface area contributed by atoms with Crippen LogP contribution >= 0.6 is 0 Å². The molecule has 3 aromatic carbocycles. The molecular weight excluding hydrogens is 438 g/mol. The van der Waals surface area contributed by atoms with Gasteiger partial charge in [-0.3, -0.25) is 14.6 Å². The molecule has 6 nitrogen and oxygen atoms in total. The zero-order chi connectivity index (χ0) is 24.3. The fourth-order valence-corrected chi connectivity index (χ4v) is 3.73. The van der Waals surface area contributed by atoms with E-state index in [-0.39, 0.29) is 31.5 Å². The van der Waals surface area contributed by atoms with Gasteiger partial charge in [-0.25, -0.2) is 0 Å². The number of hydrogen-bond donors (Lipinski definition) is 1. The normalized spacial score (nSPS) is 11.3. The predicted octanol–water partition coefficient (Wildman–Crippen LogP) is 4.55. The number of para-hydroxylation sites is 1. The molecule has 1 heterocycles. The second-order valence-corrected chi connectivity index (χ2v) is 7.96. The Morgan fingerprint density at radius 1 is 0.800 bits per heavy atom. The number of carbonyl (C=O) groups is 2. The fraction of sp³-hybridized carbons (Fsp3) is 0.138. The van der Waals surface area contributed by atoms with Gasteiger partial charge in [0.1, 0.15) is 11.8 Å². The molecule has 1 unspecified atom stereocenters. The van der Waals surface area contributed by atoms with E-state index in [4.69, 9.17) is 4.74 Å². The lowest BCUT2D eigenvalue weighted by atomic mass is 10.0. The van der Waals surface area contributed by atoms with Gasteiger partial charge in [0.25, 0.3) is 5.91 Å². The van der Waals surface area contributed by atoms with Crippen LogP contribution in [0.15, 0.2) is 115 Å². The van der Waals surface area contributed by atoms with Crippen molar-refractivity contribution in [1.29, 1.82) is 0 Å². The first-order valence-corrected chi connectivity index (χ1v) is 11.4. The maximum absolute atomic E-state index is 13.6. The third-order valence-electron chi connectivity index (χ3n) is 5.47. The summed E-state index contributed by atoms with van der Waals surface area (Å²) >= 11 is 0. The standard InChI is InChI=1S/C29H27N3O3/c33-27(22-35-26-17-8-3-9-18-26)32(21-23-12-4-1-5-13-23)28(24-14-6-2-7-15-24)29(34)31-20-25-16-10-11-19-30-25/h1-19,28H,20-22H2,(H,31,34). The molecule has 1 aromatic heterocycles. The van der Waals surface area contributed by atoms with Crippen molar-refractivity contribution < 1.29 is 14.3 Å². The lowest BCUT2D eigenvalue weighted by Crippen LogP contribution is -2.45. The molecule has 0 aliphatic heterocycles. The van der Waals surface area contributed by atoms with Crippen LogP contribution in [0.2, 0.25) is 0 Å². The number of aromatic nitrogens is 1. The number of amides is 2. The van der Waals surface area contributed by atoms with Gasteiger partial charge in [-0.1, -0.05) is 84.9 Å². The van der Waals surface area contributed by atoms with Gasteiger partial charge in [0.15, 0.2) is 6.61 Å². The van der Waals surface area contributed by atoms with Crippen LogP contribution in [-0.2, 0) is 22.7 Å². The van der Waals surface area contributed by atoms with Crippen molar-refractivity contribution in [3.8, 4) is 5.75 Å². The van der Waals surface area contributed by atoms with Gasteiger partial charge >= 0.3 is 0 Å². The molecule has 6 heteroatoms. The second kappa shape index (κ2) is 12.1. The summed E-state index contributed by atoms with van der Waals surface area (Å²) in [7, 11) is 0. The summed E-state index contributed by atoms with van der Waals surface area (Å²) in [5.41, 5.74) is 2.37. The van der Waals surface area contributed by atoms with Gasteiger partial charge in [0, 0.05) is 12.7 Å². The minimum absolute atomic E-state index is 0.187. The molecule has 0 aliphatic carbocycles. The first kappa shape index (κ1) is 23.7. The Balaban J connectivity index is 1.61. The van der Waals surface area contributed by atoms with Crippen LogP contribution in [0.3, 0.4) is 0 Å². The molecule has 4 aromatic rings. The zero-order valence-electron chi connectivity index (χ0n) is 19.3. The number of pyridine rings is 1. The van der Waals surface area contributed by atoms with E-state index in [1.165, 1.54) is 0 Å². The maximum Gasteiger partial charge on any atom is 0.261 e. The van der Waals surface area contributed by atoms with Gasteiger partial charge in [-0.05, 0) is 35.4 Å². The Morgan fingerprint density at radius 3 is 2.09 bits per heavy atom. The van der Waals surface area contributed by atoms with Gasteiger partial charge in [-0.15, -0.1) is 0 Å². The lowest BCUT2D eigenvalue weighted by molar-refractivity contribution is -0.143. The minimum Gasteiger partial charge on any atom is -0.484 e. The van der Waals surface area contributed by atoms with Crippen LogP contribution in [0.4, 0.5) is 0 Å². The molecule has 1 N–H and O–H groups in total. The minimum atomic E-state index is -0.841. The molecule has 0 saturated carbocycles. The topological polar surface area (TPSA) is 71.5 Å². The molecule has 4 rings (SSSR count). The highest BCUT2D eigenvalue weighted by atomic mass is 16.5. The molecule has 35 heavy (non-hydrogen) atoms. The first-order valence-electron chi connectivity index (χ1n) is 11.4. The highest BCUT2D eigenvalue weighted by Crippen LogP contribution is 2.24. The van der Waals surface area contributed by atoms with Crippen molar-refractivity contribution in [1.82, 2.24) is 15.2 Å². The molecule has 0 fully saturated rings. The molecule has 1 atom stereocenters. The predicted molar refractivity (Wildman–Crippen MR) is 134 cm³/mol. The van der Waals surface area contributed by atoms with E-state index in [9.17, 15) is 9.59 Å². The highest BCUT2D eigenvalue weighted by Gasteiger charge is 2.31. The van der Waals surface area contributed by atoms with E-state index in [1.54, 1.807) is 23.2 Å². The Labute approximate surface area is 205 Å². The van der Waals surface area contributed by atoms with E-state index < -0.39 is 6.04 Å². The van der Waals surface area contributed by atoms with Crippen molar-refractivity contribution in [3.63, 3.8) is 0 Å². The number of rotatable bonds is 10. The average molecular weight is 466 g/mol. The first-order chi connectivity index (χ1) is 17.2. The highest BCUT2D eigenvalue weighted by molar-refractivity contribution is 5.89. The summed E-state index contributed by atoms with van der Waals surface area (Å²) in [4.78, 5) is 32.9. The molecule has 0 radical (unpaired) electrons. The summed E-state index contributed by atoms with van der Waals surface area (Å²) in [6.07, 6.45) is 1.68. The fourth-order valence-electron chi connectivity index (χ4n) is 3.73. The van der Waals surface area contributed by atoms with Crippen molar-refractivity contribution in [2.45, 2.75) is 19.1 Å². The number of nitrogens with zero attached hydrogens (tertiary/aromatic N) is 2. The van der Waals surface area contributed by atoms with Crippen LogP contribution in [0.1, 0.15) is 22.9 Å². The summed E-state index contributed by atoms with van der Waals surface area (Å²) in [5.74, 6) is 0.0155. The van der Waals surface area contributed by atoms with Crippen LogP contribution in [0.25, 0.3) is 0 Å². The lowest BCUT2D eigenvalue weighted by Gasteiger charge is -2.31. The summed E-state index contributed by atoms with van der Waals surface area (Å²) in [6, 6.07) is 32.8. The molecule has 0 aliphatic rings. The van der Waals surface area contributed by atoms with E-state index >= 15 is 0 Å². The summed E-state index contributed by atoms with van der Waals surface area (Å²) in [5, 5.41) is 2.96. The largest absolute Gasteiger partial charge is 0.484 e. The van der Waals surface area contributed by atoms with Crippen molar-refractivity contribution in [3.05, 3.63) is 132 Å². The number of ether oxygens (including phenoxy) is 1. The molecule has 0 spiro atoms. The Kier molecular flexibility index (Phi) is 8.22. The third-order valence-corrected chi connectivity index (χ3v) is 5.47. The molecule has 176 valence electrons. The van der Waals surface area contributed by atoms with Gasteiger partial charge in [0.05, 0.1) is 12.2 Å². The van der Waals surface area contributed by atoms with Crippen LogP contribution in [0.5, 0.6) is 5.75 Å². The van der Waals surface area contributed by atoms with E-state index in [0.717, 1.165) is 16.8 Å². The number of carbonyl (C=O) groups excluding carboxylic acids is 2. The molecular formula is C29H27N3O3. The zero-order valence-corrected chi connectivity index (χ0v) is 19.3. The van der Waals surface area contributed by atoms with E-state index in [1.807, 2.05) is 97.1 Å². The average Bonchev–Trinajstić information content (AvgIpc) is 2.92. The molecule has 0 saturated heterocycles. The third kappa shape index (κ3) is 6.77. The SMILES string of the molecule is O=C(NCc1ccccn1)C(c1ccccc1)N(Cc1ccccc1)C(=O)COc1ccccc1. The molecule has 0 bridgehead atoms. The summed E-state index contributed by atoms with van der Waals surface area (Å²) in [6.45, 7) is 0.332. The Hall–Kier alpha value is -4.45. The number of hydrogen-bond acceptors (Lipinski definition) is 4. The van der Waals surface area contributed by atoms with Crippen LogP contribution in [-0.4, -0.2) is 28.3 Å². The van der Waals surface area contributed by atoms with Gasteiger partial charge in [-0.2, -0.15) is 0 Å².